The highest BCUT2D eigenvalue weighted by Crippen LogP contribution is 2.07. The maximum absolute atomic E-state index is 12.5. The molecular formula is C6H7FN2OS. The molecule has 0 radical (unpaired) electrons. The van der Waals surface area contributed by atoms with E-state index >= 15 is 0 Å². The Hall–Kier alpha value is -0.840. The van der Waals surface area contributed by atoms with Gasteiger partial charge in [0.25, 0.3) is 0 Å². The number of aromatic nitrogens is 2. The molecule has 0 saturated heterocycles. The Morgan fingerprint density at radius 2 is 2.36 bits per heavy atom. The minimum Gasteiger partial charge on any atom is -0.327 e. The van der Waals surface area contributed by atoms with Crippen LogP contribution in [0.5, 0.6) is 0 Å². The molecule has 0 aliphatic heterocycles. The van der Waals surface area contributed by atoms with Crippen molar-refractivity contribution in [3.05, 3.63) is 22.4 Å². The average Bonchev–Trinajstić information content (AvgIpc) is 1.97. The molecular weight excluding hydrogens is 167 g/mol. The summed E-state index contributed by atoms with van der Waals surface area (Å²) in [4.78, 5) is 14.1. The summed E-state index contributed by atoms with van der Waals surface area (Å²) in [6.45, 7) is 0. The Morgan fingerprint density at radius 1 is 1.73 bits per heavy atom. The summed E-state index contributed by atoms with van der Waals surface area (Å²) in [5, 5.41) is 0.511. The fraction of sp³-hybridized carbons (Fsp3) is 0.333. The molecule has 1 heterocycles. The number of halogens is 1. The molecule has 0 fully saturated rings. The van der Waals surface area contributed by atoms with Crippen LogP contribution in [-0.4, -0.2) is 15.8 Å². The van der Waals surface area contributed by atoms with Gasteiger partial charge in [-0.25, -0.2) is 0 Å². The van der Waals surface area contributed by atoms with E-state index in [9.17, 15) is 9.18 Å². The maximum Gasteiger partial charge on any atom is 0.309 e. The van der Waals surface area contributed by atoms with Gasteiger partial charge in [-0.2, -0.15) is 9.37 Å². The lowest BCUT2D eigenvalue weighted by Gasteiger charge is -2.01. The Labute approximate surface area is 67.3 Å². The van der Waals surface area contributed by atoms with Crippen LogP contribution in [0.25, 0.3) is 0 Å². The lowest BCUT2D eigenvalue weighted by molar-refractivity contribution is 0.562. The molecule has 0 amide bonds. The summed E-state index contributed by atoms with van der Waals surface area (Å²) >= 11 is 1.30. The van der Waals surface area contributed by atoms with Gasteiger partial charge in [-0.05, 0) is 6.26 Å². The minimum atomic E-state index is -0.815. The van der Waals surface area contributed by atoms with Crippen molar-refractivity contribution < 1.29 is 4.39 Å². The molecule has 1 rings (SSSR count). The van der Waals surface area contributed by atoms with Crippen LogP contribution in [0.2, 0.25) is 0 Å². The van der Waals surface area contributed by atoms with Gasteiger partial charge in [-0.3, -0.25) is 4.79 Å². The number of nitrogens with zero attached hydrogens (tertiary/aromatic N) is 2. The predicted molar refractivity (Wildman–Crippen MR) is 41.2 cm³/mol. The lowest BCUT2D eigenvalue weighted by Crippen LogP contribution is -2.15. The van der Waals surface area contributed by atoms with Crippen molar-refractivity contribution in [3.63, 3.8) is 0 Å². The smallest absolute Gasteiger partial charge is 0.309 e. The van der Waals surface area contributed by atoms with Gasteiger partial charge in [0.2, 0.25) is 5.82 Å². The molecule has 0 N–H and O–H groups in total. The largest absolute Gasteiger partial charge is 0.327 e. The SMILES string of the molecule is CSc1nc(=O)c(F)cn1C. The van der Waals surface area contributed by atoms with Crippen LogP contribution in [0.15, 0.2) is 16.1 Å². The summed E-state index contributed by atoms with van der Waals surface area (Å²) in [6, 6.07) is 0. The van der Waals surface area contributed by atoms with Gasteiger partial charge >= 0.3 is 5.56 Å². The third kappa shape index (κ3) is 1.59. The monoisotopic (exact) mass is 174 g/mol. The van der Waals surface area contributed by atoms with Crippen LogP contribution < -0.4 is 5.56 Å². The number of rotatable bonds is 1. The van der Waals surface area contributed by atoms with Gasteiger partial charge in [-0.1, -0.05) is 11.8 Å². The van der Waals surface area contributed by atoms with Gasteiger partial charge in [0.05, 0.1) is 0 Å². The zero-order chi connectivity index (χ0) is 8.43. The summed E-state index contributed by atoms with van der Waals surface area (Å²) in [5.74, 6) is -0.815. The van der Waals surface area contributed by atoms with Crippen LogP contribution in [-0.2, 0) is 7.05 Å². The molecule has 3 nitrogen and oxygen atoms in total. The summed E-state index contributed by atoms with van der Waals surface area (Å²) in [7, 11) is 1.64. The fourth-order valence-electron chi connectivity index (χ4n) is 0.689. The van der Waals surface area contributed by atoms with E-state index in [4.69, 9.17) is 0 Å². The standard InChI is InChI=1S/C6H7FN2OS/c1-9-3-4(7)5(10)8-6(9)11-2/h3H,1-2H3. The van der Waals surface area contributed by atoms with Gasteiger partial charge in [0.15, 0.2) is 5.16 Å². The van der Waals surface area contributed by atoms with E-state index in [1.54, 1.807) is 13.3 Å². The van der Waals surface area contributed by atoms with E-state index in [2.05, 4.69) is 4.98 Å². The quantitative estimate of drug-likeness (QED) is 0.463. The van der Waals surface area contributed by atoms with E-state index < -0.39 is 11.4 Å². The van der Waals surface area contributed by atoms with E-state index in [-0.39, 0.29) is 0 Å². The van der Waals surface area contributed by atoms with E-state index in [1.165, 1.54) is 16.3 Å². The number of aryl methyl sites for hydroxylation is 1. The van der Waals surface area contributed by atoms with Crippen LogP contribution in [0.4, 0.5) is 4.39 Å². The zero-order valence-electron chi connectivity index (χ0n) is 6.17. The minimum absolute atomic E-state index is 0.511. The third-order valence-corrected chi connectivity index (χ3v) is 1.94. The molecule has 60 valence electrons. The molecule has 0 bridgehead atoms. The number of hydrogen-bond donors (Lipinski definition) is 0. The van der Waals surface area contributed by atoms with Gasteiger partial charge in [-0.15, -0.1) is 0 Å². The van der Waals surface area contributed by atoms with Crippen LogP contribution in [0.3, 0.4) is 0 Å². The second-order valence-electron chi connectivity index (χ2n) is 1.99. The van der Waals surface area contributed by atoms with E-state index in [0.717, 1.165) is 6.20 Å². The first-order valence-electron chi connectivity index (χ1n) is 2.92. The maximum atomic E-state index is 12.5. The van der Waals surface area contributed by atoms with Crippen molar-refractivity contribution in [2.24, 2.45) is 7.05 Å². The van der Waals surface area contributed by atoms with Gasteiger partial charge < -0.3 is 4.57 Å². The number of thioether (sulfide) groups is 1. The van der Waals surface area contributed by atoms with Crippen molar-refractivity contribution in [1.29, 1.82) is 0 Å². The highest BCUT2D eigenvalue weighted by atomic mass is 32.2. The summed E-state index contributed by atoms with van der Waals surface area (Å²) in [5.41, 5.74) is -0.799. The van der Waals surface area contributed by atoms with Crippen molar-refractivity contribution in [1.82, 2.24) is 9.55 Å². The Bertz CT molecular complexity index is 323. The van der Waals surface area contributed by atoms with E-state index in [1.807, 2.05) is 0 Å². The molecule has 0 aliphatic rings. The second-order valence-corrected chi connectivity index (χ2v) is 2.76. The summed E-state index contributed by atoms with van der Waals surface area (Å²) < 4.78 is 14.0. The van der Waals surface area contributed by atoms with Crippen LogP contribution in [0.1, 0.15) is 0 Å². The van der Waals surface area contributed by atoms with Crippen molar-refractivity contribution in [2.45, 2.75) is 5.16 Å². The second kappa shape index (κ2) is 3.04. The lowest BCUT2D eigenvalue weighted by atomic mass is 10.6. The zero-order valence-corrected chi connectivity index (χ0v) is 6.98. The first-order chi connectivity index (χ1) is 5.15. The molecule has 0 aromatic carbocycles. The topological polar surface area (TPSA) is 34.9 Å². The molecule has 1 aromatic rings. The Kier molecular flexibility index (Phi) is 2.28. The highest BCUT2D eigenvalue weighted by Gasteiger charge is 2.02. The number of hydrogen-bond acceptors (Lipinski definition) is 3. The molecule has 0 unspecified atom stereocenters. The first kappa shape index (κ1) is 8.26. The van der Waals surface area contributed by atoms with Crippen molar-refractivity contribution in [2.75, 3.05) is 6.26 Å². The summed E-state index contributed by atoms with van der Waals surface area (Å²) in [6.07, 6.45) is 2.90. The van der Waals surface area contributed by atoms with Gasteiger partial charge in [0, 0.05) is 13.2 Å². The Morgan fingerprint density at radius 3 is 2.91 bits per heavy atom. The molecule has 11 heavy (non-hydrogen) atoms. The van der Waals surface area contributed by atoms with Crippen LogP contribution in [0, 0.1) is 5.82 Å². The predicted octanol–water partition coefficient (Wildman–Crippen LogP) is 0.641. The molecule has 5 heteroatoms. The molecule has 1 aromatic heterocycles. The molecule has 0 saturated carbocycles. The molecule has 0 spiro atoms. The normalized spacial score (nSPS) is 10.1. The van der Waals surface area contributed by atoms with E-state index in [0.29, 0.717) is 5.16 Å². The van der Waals surface area contributed by atoms with Gasteiger partial charge in [0.1, 0.15) is 0 Å². The highest BCUT2D eigenvalue weighted by molar-refractivity contribution is 7.98. The fourth-order valence-corrected chi connectivity index (χ4v) is 1.20. The average molecular weight is 174 g/mol. The third-order valence-electron chi connectivity index (χ3n) is 1.19. The molecule has 0 aliphatic carbocycles. The van der Waals surface area contributed by atoms with Crippen molar-refractivity contribution >= 4 is 11.8 Å². The van der Waals surface area contributed by atoms with Crippen LogP contribution >= 0.6 is 11.8 Å². The Balaban J connectivity index is 3.32. The first-order valence-corrected chi connectivity index (χ1v) is 4.15. The van der Waals surface area contributed by atoms with Crippen molar-refractivity contribution in [3.8, 4) is 0 Å². The molecule has 0 atom stereocenters.